The molecule has 1 aliphatic heterocycles. The number of amides is 3. The predicted octanol–water partition coefficient (Wildman–Crippen LogP) is 4.68. The summed E-state index contributed by atoms with van der Waals surface area (Å²) in [6, 6.07) is 17.3. The summed E-state index contributed by atoms with van der Waals surface area (Å²) in [6.45, 7) is 0.0775. The summed E-state index contributed by atoms with van der Waals surface area (Å²) in [5.41, 5.74) is 2.60. The third-order valence-corrected chi connectivity index (χ3v) is 7.63. The number of hydrogen-bond acceptors (Lipinski definition) is 3. The van der Waals surface area contributed by atoms with Crippen LogP contribution in [-0.4, -0.2) is 31.3 Å². The first-order chi connectivity index (χ1) is 18.3. The van der Waals surface area contributed by atoms with Crippen molar-refractivity contribution in [3.05, 3.63) is 89.5 Å². The molecule has 8 heteroatoms. The molecule has 6 nitrogen and oxygen atoms in total. The van der Waals surface area contributed by atoms with Gasteiger partial charge in [0.05, 0.1) is 17.5 Å². The zero-order chi connectivity index (χ0) is 26.9. The lowest BCUT2D eigenvalue weighted by atomic mass is 9.84. The number of rotatable bonds is 6. The number of hydrogen-bond donors (Lipinski definition) is 2. The number of benzene rings is 3. The molecule has 5 rings (SSSR count). The Kier molecular flexibility index (Phi) is 6.97. The third-order valence-electron chi connectivity index (χ3n) is 7.63. The average Bonchev–Trinajstić information content (AvgIpc) is 3.37. The Morgan fingerprint density at radius 2 is 1.58 bits per heavy atom. The molecule has 1 aliphatic carbocycles. The van der Waals surface area contributed by atoms with Crippen molar-refractivity contribution < 1.29 is 23.2 Å². The van der Waals surface area contributed by atoms with Gasteiger partial charge >= 0.3 is 0 Å². The van der Waals surface area contributed by atoms with E-state index in [4.69, 9.17) is 0 Å². The van der Waals surface area contributed by atoms with Crippen molar-refractivity contribution in [3.63, 3.8) is 0 Å². The van der Waals surface area contributed by atoms with Crippen LogP contribution in [0.5, 0.6) is 0 Å². The molecule has 1 heterocycles. The van der Waals surface area contributed by atoms with Crippen molar-refractivity contribution >= 4 is 23.4 Å². The number of nitrogens with one attached hydrogen (secondary N) is 2. The highest BCUT2D eigenvalue weighted by Crippen LogP contribution is 2.42. The molecule has 3 aromatic rings. The molecular formula is C30H29F2N3O3. The van der Waals surface area contributed by atoms with E-state index in [9.17, 15) is 23.2 Å². The molecule has 2 N–H and O–H groups in total. The number of carbonyl (C=O) groups excluding carboxylic acids is 3. The normalized spacial score (nSPS) is 17.8. The van der Waals surface area contributed by atoms with Gasteiger partial charge in [-0.1, -0.05) is 55.3 Å². The van der Waals surface area contributed by atoms with Gasteiger partial charge in [-0.15, -0.1) is 0 Å². The quantitative estimate of drug-likeness (QED) is 0.498. The van der Waals surface area contributed by atoms with E-state index in [0.717, 1.165) is 47.9 Å². The van der Waals surface area contributed by atoms with Crippen LogP contribution < -0.4 is 15.5 Å². The Bertz CT molecular complexity index is 1380. The highest BCUT2D eigenvalue weighted by atomic mass is 19.1. The van der Waals surface area contributed by atoms with Gasteiger partial charge in [-0.3, -0.25) is 14.4 Å². The highest BCUT2D eigenvalue weighted by Gasteiger charge is 2.44. The van der Waals surface area contributed by atoms with Gasteiger partial charge in [0.25, 0.3) is 5.91 Å². The monoisotopic (exact) mass is 517 g/mol. The minimum atomic E-state index is -0.889. The van der Waals surface area contributed by atoms with E-state index in [1.807, 2.05) is 48.5 Å². The summed E-state index contributed by atoms with van der Waals surface area (Å²) in [5.74, 6) is -2.47. The fourth-order valence-corrected chi connectivity index (χ4v) is 5.62. The molecule has 38 heavy (non-hydrogen) atoms. The summed E-state index contributed by atoms with van der Waals surface area (Å²) >= 11 is 0. The molecule has 2 aliphatic rings. The maximum atomic E-state index is 13.8. The van der Waals surface area contributed by atoms with Crippen LogP contribution in [0.4, 0.5) is 14.5 Å². The van der Waals surface area contributed by atoms with E-state index < -0.39 is 29.0 Å². The van der Waals surface area contributed by atoms with E-state index in [2.05, 4.69) is 10.6 Å². The average molecular weight is 518 g/mol. The Morgan fingerprint density at radius 3 is 2.29 bits per heavy atom. The minimum absolute atomic E-state index is 0.0775. The number of fused-ring (bicyclic) bond motifs is 3. The van der Waals surface area contributed by atoms with Crippen molar-refractivity contribution in [3.8, 4) is 11.1 Å². The SMILES string of the molecule is CN1C(=O)C(NC(=O)C2(CNC(=O)Cc3cc(F)cc(F)c3)CCCC2)c2ccccc2-c2ccccc21. The molecule has 0 saturated heterocycles. The van der Waals surface area contributed by atoms with Crippen LogP contribution in [0.3, 0.4) is 0 Å². The van der Waals surface area contributed by atoms with Crippen molar-refractivity contribution in [2.24, 2.45) is 5.41 Å². The second-order valence-corrected chi connectivity index (χ2v) is 10.1. The first-order valence-electron chi connectivity index (χ1n) is 12.8. The van der Waals surface area contributed by atoms with E-state index >= 15 is 0 Å². The minimum Gasteiger partial charge on any atom is -0.355 e. The molecule has 0 bridgehead atoms. The first-order valence-corrected chi connectivity index (χ1v) is 12.8. The number of halogens is 2. The zero-order valence-electron chi connectivity index (χ0n) is 21.1. The maximum Gasteiger partial charge on any atom is 0.253 e. The van der Waals surface area contributed by atoms with Crippen LogP contribution in [0, 0.1) is 17.0 Å². The molecule has 0 spiro atoms. The van der Waals surface area contributed by atoms with Crippen LogP contribution in [0.2, 0.25) is 0 Å². The fourth-order valence-electron chi connectivity index (χ4n) is 5.62. The lowest BCUT2D eigenvalue weighted by molar-refractivity contribution is -0.135. The number of likely N-dealkylation sites (N-methyl/N-ethyl adjacent to an activating group) is 1. The molecule has 0 radical (unpaired) electrons. The summed E-state index contributed by atoms with van der Waals surface area (Å²) in [6.07, 6.45) is 2.56. The van der Waals surface area contributed by atoms with Gasteiger partial charge in [-0.25, -0.2) is 8.78 Å². The largest absolute Gasteiger partial charge is 0.355 e. The number of para-hydroxylation sites is 1. The molecule has 3 amide bonds. The molecule has 1 atom stereocenters. The summed E-state index contributed by atoms with van der Waals surface area (Å²) in [5, 5.41) is 5.82. The Labute approximate surface area is 220 Å². The summed E-state index contributed by atoms with van der Waals surface area (Å²) < 4.78 is 27.0. The maximum absolute atomic E-state index is 13.8. The van der Waals surface area contributed by atoms with Gasteiger partial charge in [0, 0.05) is 25.2 Å². The number of carbonyl (C=O) groups is 3. The van der Waals surface area contributed by atoms with E-state index in [-0.39, 0.29) is 30.3 Å². The summed E-state index contributed by atoms with van der Waals surface area (Å²) in [4.78, 5) is 41.6. The standard InChI is InChI=1S/C30H29F2N3O3/c1-35-25-11-5-4-9-23(25)22-8-2-3-10-24(22)27(28(35)37)34-29(38)30(12-6-7-13-30)18-33-26(36)16-19-14-20(31)17-21(32)15-19/h2-5,8-11,14-15,17,27H,6-7,12-13,16,18H2,1H3,(H,33,36)(H,34,38). The Morgan fingerprint density at radius 1 is 0.947 bits per heavy atom. The molecule has 1 saturated carbocycles. The van der Waals surface area contributed by atoms with Crippen molar-refractivity contribution in [1.82, 2.24) is 10.6 Å². The second kappa shape index (κ2) is 10.4. The predicted molar refractivity (Wildman–Crippen MR) is 140 cm³/mol. The Hall–Kier alpha value is -4.07. The van der Waals surface area contributed by atoms with Crippen LogP contribution in [-0.2, 0) is 20.8 Å². The molecule has 196 valence electrons. The molecular weight excluding hydrogens is 488 g/mol. The number of nitrogens with zero attached hydrogens (tertiary/aromatic N) is 1. The second-order valence-electron chi connectivity index (χ2n) is 10.1. The van der Waals surface area contributed by atoms with Crippen LogP contribution in [0.25, 0.3) is 11.1 Å². The highest BCUT2D eigenvalue weighted by molar-refractivity contribution is 6.06. The topological polar surface area (TPSA) is 78.5 Å². The molecule has 3 aromatic carbocycles. The van der Waals surface area contributed by atoms with Crippen LogP contribution in [0.1, 0.15) is 42.9 Å². The van der Waals surface area contributed by atoms with Crippen LogP contribution in [0.15, 0.2) is 66.7 Å². The van der Waals surface area contributed by atoms with E-state index in [1.54, 1.807) is 11.9 Å². The van der Waals surface area contributed by atoms with Gasteiger partial charge in [-0.05, 0) is 47.7 Å². The van der Waals surface area contributed by atoms with Crippen LogP contribution >= 0.6 is 0 Å². The van der Waals surface area contributed by atoms with Crippen molar-refractivity contribution in [2.75, 3.05) is 18.5 Å². The third kappa shape index (κ3) is 4.90. The van der Waals surface area contributed by atoms with E-state index in [1.165, 1.54) is 0 Å². The summed E-state index contributed by atoms with van der Waals surface area (Å²) in [7, 11) is 1.70. The molecule has 0 aromatic heterocycles. The van der Waals surface area contributed by atoms with Gasteiger partial charge in [0.1, 0.15) is 17.7 Å². The van der Waals surface area contributed by atoms with Gasteiger partial charge in [-0.2, -0.15) is 0 Å². The molecule has 1 fully saturated rings. The first kappa shape index (κ1) is 25.6. The van der Waals surface area contributed by atoms with Crippen molar-refractivity contribution in [1.29, 1.82) is 0 Å². The Balaban J connectivity index is 1.36. The van der Waals surface area contributed by atoms with E-state index in [0.29, 0.717) is 18.4 Å². The lowest BCUT2D eigenvalue weighted by Gasteiger charge is -2.31. The molecule has 1 unspecified atom stereocenters. The van der Waals surface area contributed by atoms with Gasteiger partial charge in [0.2, 0.25) is 11.8 Å². The van der Waals surface area contributed by atoms with Gasteiger partial charge in [0.15, 0.2) is 0 Å². The fraction of sp³-hybridized carbons (Fsp3) is 0.300. The zero-order valence-corrected chi connectivity index (χ0v) is 21.1. The smallest absolute Gasteiger partial charge is 0.253 e. The van der Waals surface area contributed by atoms with Crippen molar-refractivity contribution in [2.45, 2.75) is 38.1 Å². The van der Waals surface area contributed by atoms with Gasteiger partial charge < -0.3 is 15.5 Å². The number of anilines is 1. The lowest BCUT2D eigenvalue weighted by Crippen LogP contribution is -2.50.